The molecule has 0 aromatic heterocycles. The maximum atomic E-state index is 11.2. The maximum Gasteiger partial charge on any atom is 0.211 e. The summed E-state index contributed by atoms with van der Waals surface area (Å²) >= 11 is 0. The Balaban J connectivity index is 2.09. The van der Waals surface area contributed by atoms with Crippen molar-refractivity contribution in [3.05, 3.63) is 0 Å². The molecule has 4 nitrogen and oxygen atoms in total. The second kappa shape index (κ2) is 2.68. The molecule has 0 aliphatic carbocycles. The van der Waals surface area contributed by atoms with Crippen molar-refractivity contribution in [1.29, 1.82) is 0 Å². The van der Waals surface area contributed by atoms with Crippen molar-refractivity contribution in [3.63, 3.8) is 0 Å². The van der Waals surface area contributed by atoms with Gasteiger partial charge in [0.05, 0.1) is 6.26 Å². The molecule has 12 heavy (non-hydrogen) atoms. The van der Waals surface area contributed by atoms with Gasteiger partial charge >= 0.3 is 0 Å². The smallest absolute Gasteiger partial charge is 0.211 e. The molecule has 0 spiro atoms. The number of fused-ring (bicyclic) bond motifs is 1. The van der Waals surface area contributed by atoms with Crippen molar-refractivity contribution < 1.29 is 8.42 Å². The van der Waals surface area contributed by atoms with E-state index in [0.717, 1.165) is 19.5 Å². The van der Waals surface area contributed by atoms with Crippen LogP contribution in [-0.4, -0.2) is 44.7 Å². The summed E-state index contributed by atoms with van der Waals surface area (Å²) in [5, 5.41) is 3.31. The highest BCUT2D eigenvalue weighted by Gasteiger charge is 2.39. The lowest BCUT2D eigenvalue weighted by Gasteiger charge is -2.13. The molecule has 2 atom stereocenters. The first-order valence-electron chi connectivity index (χ1n) is 4.26. The summed E-state index contributed by atoms with van der Waals surface area (Å²) in [7, 11) is -2.95. The van der Waals surface area contributed by atoms with Crippen LogP contribution in [0.25, 0.3) is 0 Å². The van der Waals surface area contributed by atoms with E-state index in [4.69, 9.17) is 0 Å². The largest absolute Gasteiger partial charge is 0.312 e. The lowest BCUT2D eigenvalue weighted by Crippen LogP contribution is -2.33. The fraction of sp³-hybridized carbons (Fsp3) is 1.00. The monoisotopic (exact) mass is 190 g/mol. The zero-order valence-electron chi connectivity index (χ0n) is 7.16. The number of nitrogens with one attached hydrogen (secondary N) is 1. The van der Waals surface area contributed by atoms with Crippen LogP contribution in [-0.2, 0) is 10.0 Å². The molecule has 0 amide bonds. The Hall–Kier alpha value is -0.130. The molecule has 2 aliphatic rings. The van der Waals surface area contributed by atoms with Crippen molar-refractivity contribution in [2.45, 2.75) is 12.5 Å². The second-order valence-electron chi connectivity index (χ2n) is 3.69. The Kier molecular flexibility index (Phi) is 1.89. The fourth-order valence-corrected chi connectivity index (χ4v) is 2.97. The standard InChI is InChI=1S/C7H14N2O2S/c1-12(10,11)9-4-6-2-3-8-7(6)5-9/h6-8H,2-5H2,1H3/t6-,7+/m1/s1. The van der Waals surface area contributed by atoms with Crippen LogP contribution in [0.2, 0.25) is 0 Å². The van der Waals surface area contributed by atoms with Crippen LogP contribution in [0.1, 0.15) is 6.42 Å². The summed E-state index contributed by atoms with van der Waals surface area (Å²) < 4.78 is 23.9. The molecule has 0 unspecified atom stereocenters. The van der Waals surface area contributed by atoms with Crippen LogP contribution < -0.4 is 5.32 Å². The minimum absolute atomic E-state index is 0.416. The summed E-state index contributed by atoms with van der Waals surface area (Å²) in [4.78, 5) is 0. The first-order chi connectivity index (χ1) is 5.57. The Labute approximate surface area is 73.0 Å². The van der Waals surface area contributed by atoms with Gasteiger partial charge in [0, 0.05) is 19.1 Å². The van der Waals surface area contributed by atoms with E-state index in [2.05, 4.69) is 5.32 Å². The van der Waals surface area contributed by atoms with Crippen molar-refractivity contribution in [1.82, 2.24) is 9.62 Å². The number of rotatable bonds is 1. The molecular weight excluding hydrogens is 176 g/mol. The first kappa shape index (κ1) is 8.47. The predicted molar refractivity (Wildman–Crippen MR) is 46.3 cm³/mol. The van der Waals surface area contributed by atoms with Gasteiger partial charge in [0.1, 0.15) is 0 Å². The molecule has 0 radical (unpaired) electrons. The van der Waals surface area contributed by atoms with Crippen molar-refractivity contribution in [2.75, 3.05) is 25.9 Å². The molecule has 0 bridgehead atoms. The lowest BCUT2D eigenvalue weighted by molar-refractivity contribution is 0.453. The third-order valence-electron chi connectivity index (χ3n) is 2.80. The van der Waals surface area contributed by atoms with E-state index in [9.17, 15) is 8.42 Å². The fourth-order valence-electron chi connectivity index (χ4n) is 2.08. The van der Waals surface area contributed by atoms with E-state index in [0.29, 0.717) is 18.5 Å². The van der Waals surface area contributed by atoms with Crippen LogP contribution in [0.5, 0.6) is 0 Å². The van der Waals surface area contributed by atoms with Crippen molar-refractivity contribution in [3.8, 4) is 0 Å². The molecule has 2 rings (SSSR count). The molecule has 1 N–H and O–H groups in total. The number of hydrogen-bond acceptors (Lipinski definition) is 3. The predicted octanol–water partition coefficient (Wildman–Crippen LogP) is -0.760. The average Bonchev–Trinajstić information content (AvgIpc) is 2.37. The molecule has 70 valence electrons. The second-order valence-corrected chi connectivity index (χ2v) is 5.67. The third kappa shape index (κ3) is 1.36. The van der Waals surface area contributed by atoms with E-state index in [-0.39, 0.29) is 0 Å². The summed E-state index contributed by atoms with van der Waals surface area (Å²) in [6, 6.07) is 0.416. The quantitative estimate of drug-likeness (QED) is 0.591. The first-order valence-corrected chi connectivity index (χ1v) is 6.11. The Morgan fingerprint density at radius 3 is 2.75 bits per heavy atom. The van der Waals surface area contributed by atoms with Crippen LogP contribution >= 0.6 is 0 Å². The van der Waals surface area contributed by atoms with Gasteiger partial charge in [-0.1, -0.05) is 0 Å². The SMILES string of the molecule is CS(=O)(=O)N1C[C@H]2CCN[C@H]2C1. The van der Waals surface area contributed by atoms with E-state index in [1.54, 1.807) is 4.31 Å². The summed E-state index contributed by atoms with van der Waals surface area (Å²) in [6.07, 6.45) is 2.41. The molecule has 2 aliphatic heterocycles. The van der Waals surface area contributed by atoms with Gasteiger partial charge in [0.25, 0.3) is 0 Å². The van der Waals surface area contributed by atoms with E-state index >= 15 is 0 Å². The van der Waals surface area contributed by atoms with Crippen molar-refractivity contribution >= 4 is 10.0 Å². The van der Waals surface area contributed by atoms with Gasteiger partial charge in [-0.3, -0.25) is 0 Å². The van der Waals surface area contributed by atoms with E-state index in [1.807, 2.05) is 0 Å². The highest BCUT2D eigenvalue weighted by Crippen LogP contribution is 2.25. The minimum atomic E-state index is -2.95. The average molecular weight is 190 g/mol. The normalized spacial score (nSPS) is 37.1. The molecule has 0 saturated carbocycles. The number of nitrogens with zero attached hydrogens (tertiary/aromatic N) is 1. The van der Waals surface area contributed by atoms with Gasteiger partial charge in [0.15, 0.2) is 0 Å². The summed E-state index contributed by atoms with van der Waals surface area (Å²) in [5.74, 6) is 0.555. The van der Waals surface area contributed by atoms with Crippen LogP contribution in [0.15, 0.2) is 0 Å². The highest BCUT2D eigenvalue weighted by molar-refractivity contribution is 7.88. The van der Waals surface area contributed by atoms with Crippen LogP contribution in [0.3, 0.4) is 0 Å². The zero-order chi connectivity index (χ0) is 8.77. The van der Waals surface area contributed by atoms with Gasteiger partial charge in [-0.2, -0.15) is 0 Å². The third-order valence-corrected chi connectivity index (χ3v) is 4.03. The number of hydrogen-bond donors (Lipinski definition) is 1. The molecule has 2 fully saturated rings. The molecule has 5 heteroatoms. The number of sulfonamides is 1. The highest BCUT2D eigenvalue weighted by atomic mass is 32.2. The van der Waals surface area contributed by atoms with Crippen LogP contribution in [0.4, 0.5) is 0 Å². The van der Waals surface area contributed by atoms with E-state index < -0.39 is 10.0 Å². The summed E-state index contributed by atoms with van der Waals surface area (Å²) in [5.41, 5.74) is 0. The Bertz CT molecular complexity index is 263. The van der Waals surface area contributed by atoms with Gasteiger partial charge in [0.2, 0.25) is 10.0 Å². The lowest BCUT2D eigenvalue weighted by atomic mass is 10.1. The van der Waals surface area contributed by atoms with Gasteiger partial charge in [-0.25, -0.2) is 12.7 Å². The molecule has 0 aromatic rings. The Morgan fingerprint density at radius 2 is 2.17 bits per heavy atom. The van der Waals surface area contributed by atoms with Gasteiger partial charge in [-0.05, 0) is 18.9 Å². The van der Waals surface area contributed by atoms with Gasteiger partial charge < -0.3 is 5.32 Å². The minimum Gasteiger partial charge on any atom is -0.312 e. The summed E-state index contributed by atoms with van der Waals surface area (Å²) in [6.45, 7) is 2.44. The zero-order valence-corrected chi connectivity index (χ0v) is 7.97. The molecule has 2 saturated heterocycles. The molecular formula is C7H14N2O2S. The molecule has 2 heterocycles. The van der Waals surface area contributed by atoms with Gasteiger partial charge in [-0.15, -0.1) is 0 Å². The molecule has 0 aromatic carbocycles. The van der Waals surface area contributed by atoms with E-state index in [1.165, 1.54) is 6.26 Å². The van der Waals surface area contributed by atoms with Crippen LogP contribution in [0, 0.1) is 5.92 Å². The Morgan fingerprint density at radius 1 is 1.42 bits per heavy atom. The topological polar surface area (TPSA) is 49.4 Å². The maximum absolute atomic E-state index is 11.2. The van der Waals surface area contributed by atoms with Crippen molar-refractivity contribution in [2.24, 2.45) is 5.92 Å².